The van der Waals surface area contributed by atoms with E-state index in [4.69, 9.17) is 5.73 Å². The third-order valence-corrected chi connectivity index (χ3v) is 3.70. The van der Waals surface area contributed by atoms with Gasteiger partial charge >= 0.3 is 6.03 Å². The molecule has 0 saturated carbocycles. The molecule has 0 aromatic carbocycles. The third-order valence-electron chi connectivity index (χ3n) is 3.70. The highest BCUT2D eigenvalue weighted by Crippen LogP contribution is 2.25. The average Bonchev–Trinajstić information content (AvgIpc) is 2.63. The first-order chi connectivity index (χ1) is 8.48. The molecule has 0 aromatic rings. The molecule has 2 heterocycles. The lowest BCUT2D eigenvalue weighted by Gasteiger charge is -2.37. The predicted molar refractivity (Wildman–Crippen MR) is 63.5 cm³/mol. The van der Waals surface area contributed by atoms with Crippen molar-refractivity contribution in [2.75, 3.05) is 13.1 Å². The molecule has 4 N–H and O–H groups in total. The van der Waals surface area contributed by atoms with Gasteiger partial charge in [-0.3, -0.25) is 14.9 Å². The second kappa shape index (κ2) is 4.56. The summed E-state index contributed by atoms with van der Waals surface area (Å²) in [5.74, 6) is -0.378. The van der Waals surface area contributed by atoms with E-state index in [9.17, 15) is 14.4 Å². The maximum Gasteiger partial charge on any atom is 0.322 e. The number of hydrogen-bond donors (Lipinski definition) is 3. The highest BCUT2D eigenvalue weighted by atomic mass is 16.2. The van der Waals surface area contributed by atoms with Gasteiger partial charge in [-0.05, 0) is 19.3 Å². The van der Waals surface area contributed by atoms with Gasteiger partial charge in [0.25, 0.3) is 5.91 Å². The molecule has 1 unspecified atom stereocenters. The molecule has 2 rings (SSSR count). The van der Waals surface area contributed by atoms with E-state index in [0.29, 0.717) is 32.4 Å². The average molecular weight is 254 g/mol. The lowest BCUT2D eigenvalue weighted by atomic mass is 9.87. The van der Waals surface area contributed by atoms with Crippen molar-refractivity contribution in [2.24, 2.45) is 5.73 Å². The Balaban J connectivity index is 1.98. The molecule has 2 saturated heterocycles. The molecule has 2 aliphatic heterocycles. The lowest BCUT2D eigenvalue weighted by Crippen LogP contribution is -2.57. The number of nitrogens with two attached hydrogens (primary N) is 1. The van der Waals surface area contributed by atoms with E-state index < -0.39 is 17.6 Å². The standard InChI is InChI=1S/C11H18N4O3/c1-2-7(12)8(16)15-5-3-11(4-6-15)9(17)13-10(18)14-11/h7H,2-6,12H2,1H3,(H2,13,14,17,18). The molecular formula is C11H18N4O3. The van der Waals surface area contributed by atoms with E-state index in [-0.39, 0.29) is 11.8 Å². The number of nitrogens with one attached hydrogen (secondary N) is 2. The summed E-state index contributed by atoms with van der Waals surface area (Å²) >= 11 is 0. The molecule has 2 aliphatic rings. The Bertz CT molecular complexity index is 388. The lowest BCUT2D eigenvalue weighted by molar-refractivity contribution is -0.136. The number of rotatable bonds is 2. The highest BCUT2D eigenvalue weighted by Gasteiger charge is 2.48. The fourth-order valence-corrected chi connectivity index (χ4v) is 2.40. The predicted octanol–water partition coefficient (Wildman–Crippen LogP) is -1.08. The van der Waals surface area contributed by atoms with Crippen molar-refractivity contribution >= 4 is 17.8 Å². The van der Waals surface area contributed by atoms with Crippen LogP contribution in [-0.2, 0) is 9.59 Å². The molecule has 0 aromatic heterocycles. The number of carbonyl (C=O) groups excluding carboxylic acids is 3. The van der Waals surface area contributed by atoms with Gasteiger partial charge < -0.3 is 16.0 Å². The van der Waals surface area contributed by atoms with Gasteiger partial charge in [0.05, 0.1) is 6.04 Å². The van der Waals surface area contributed by atoms with Crippen LogP contribution in [0.25, 0.3) is 0 Å². The minimum absolute atomic E-state index is 0.0860. The Hall–Kier alpha value is -1.63. The summed E-state index contributed by atoms with van der Waals surface area (Å²) in [6.07, 6.45) is 1.47. The van der Waals surface area contributed by atoms with E-state index in [0.717, 1.165) is 0 Å². The van der Waals surface area contributed by atoms with Crippen molar-refractivity contribution in [1.29, 1.82) is 0 Å². The van der Waals surface area contributed by atoms with Crippen LogP contribution in [0.1, 0.15) is 26.2 Å². The molecule has 0 aliphatic carbocycles. The normalized spacial score (nSPS) is 23.8. The van der Waals surface area contributed by atoms with Gasteiger partial charge in [-0.25, -0.2) is 4.79 Å². The molecule has 7 nitrogen and oxygen atoms in total. The highest BCUT2D eigenvalue weighted by molar-refractivity contribution is 6.07. The summed E-state index contributed by atoms with van der Waals surface area (Å²) in [5, 5.41) is 4.89. The van der Waals surface area contributed by atoms with Crippen LogP contribution in [0.5, 0.6) is 0 Å². The largest absolute Gasteiger partial charge is 0.341 e. The van der Waals surface area contributed by atoms with Crippen LogP contribution >= 0.6 is 0 Å². The van der Waals surface area contributed by atoms with E-state index in [1.165, 1.54) is 0 Å². The van der Waals surface area contributed by atoms with Gasteiger partial charge in [0.1, 0.15) is 5.54 Å². The monoisotopic (exact) mass is 254 g/mol. The maximum absolute atomic E-state index is 11.9. The molecular weight excluding hydrogens is 236 g/mol. The van der Waals surface area contributed by atoms with Crippen LogP contribution in [0.15, 0.2) is 0 Å². The first-order valence-electron chi connectivity index (χ1n) is 6.16. The molecule has 1 atom stereocenters. The SMILES string of the molecule is CCC(N)C(=O)N1CCC2(CC1)NC(=O)NC2=O. The fraction of sp³-hybridized carbons (Fsp3) is 0.727. The summed E-state index contributed by atoms with van der Waals surface area (Å²) in [7, 11) is 0. The molecule has 0 bridgehead atoms. The Kier molecular flexibility index (Phi) is 3.25. The number of hydrogen-bond acceptors (Lipinski definition) is 4. The minimum atomic E-state index is -0.829. The van der Waals surface area contributed by atoms with Crippen LogP contribution in [-0.4, -0.2) is 47.4 Å². The number of amides is 4. The zero-order valence-electron chi connectivity index (χ0n) is 10.4. The fourth-order valence-electron chi connectivity index (χ4n) is 2.40. The maximum atomic E-state index is 11.9. The van der Waals surface area contributed by atoms with Crippen LogP contribution in [0.3, 0.4) is 0 Å². The van der Waals surface area contributed by atoms with Crippen LogP contribution in [0.2, 0.25) is 0 Å². The van der Waals surface area contributed by atoms with Crippen molar-refractivity contribution in [3.63, 3.8) is 0 Å². The van der Waals surface area contributed by atoms with E-state index >= 15 is 0 Å². The van der Waals surface area contributed by atoms with Crippen LogP contribution in [0, 0.1) is 0 Å². The van der Waals surface area contributed by atoms with Crippen LogP contribution in [0.4, 0.5) is 4.79 Å². The van der Waals surface area contributed by atoms with Crippen molar-refractivity contribution < 1.29 is 14.4 Å². The van der Waals surface area contributed by atoms with Gasteiger partial charge in [0.15, 0.2) is 0 Å². The Morgan fingerprint density at radius 3 is 2.50 bits per heavy atom. The first-order valence-corrected chi connectivity index (χ1v) is 6.16. The first kappa shape index (κ1) is 12.8. The van der Waals surface area contributed by atoms with Crippen molar-refractivity contribution in [2.45, 2.75) is 37.8 Å². The second-order valence-electron chi connectivity index (χ2n) is 4.83. The number of likely N-dealkylation sites (tertiary alicyclic amines) is 1. The molecule has 100 valence electrons. The zero-order chi connectivity index (χ0) is 13.3. The number of urea groups is 1. The topological polar surface area (TPSA) is 105 Å². The summed E-state index contributed by atoms with van der Waals surface area (Å²) in [5.41, 5.74) is 4.87. The third kappa shape index (κ3) is 2.05. The van der Waals surface area contributed by atoms with E-state index in [2.05, 4.69) is 10.6 Å². The molecule has 0 radical (unpaired) electrons. The number of carbonyl (C=O) groups is 3. The van der Waals surface area contributed by atoms with Gasteiger partial charge in [-0.1, -0.05) is 6.92 Å². The Labute approximate surface area is 105 Å². The Morgan fingerprint density at radius 2 is 2.06 bits per heavy atom. The van der Waals surface area contributed by atoms with E-state index in [1.807, 2.05) is 6.92 Å². The van der Waals surface area contributed by atoms with Gasteiger partial charge in [0, 0.05) is 13.1 Å². The number of nitrogens with zero attached hydrogens (tertiary/aromatic N) is 1. The Morgan fingerprint density at radius 1 is 1.44 bits per heavy atom. The molecule has 4 amide bonds. The molecule has 7 heteroatoms. The molecule has 1 spiro atoms. The van der Waals surface area contributed by atoms with Crippen LogP contribution < -0.4 is 16.4 Å². The molecule has 2 fully saturated rings. The summed E-state index contributed by atoms with van der Waals surface area (Å²) in [6.45, 7) is 2.75. The number of piperidine rings is 1. The number of imide groups is 1. The minimum Gasteiger partial charge on any atom is -0.341 e. The second-order valence-corrected chi connectivity index (χ2v) is 4.83. The summed E-state index contributed by atoms with van der Waals surface area (Å²) < 4.78 is 0. The summed E-state index contributed by atoms with van der Waals surface area (Å²) in [6, 6.07) is -0.934. The summed E-state index contributed by atoms with van der Waals surface area (Å²) in [4.78, 5) is 36.4. The van der Waals surface area contributed by atoms with Crippen molar-refractivity contribution in [3.05, 3.63) is 0 Å². The van der Waals surface area contributed by atoms with Gasteiger partial charge in [-0.2, -0.15) is 0 Å². The zero-order valence-corrected chi connectivity index (χ0v) is 10.4. The van der Waals surface area contributed by atoms with Gasteiger partial charge in [0.2, 0.25) is 5.91 Å². The quantitative estimate of drug-likeness (QED) is 0.545. The smallest absolute Gasteiger partial charge is 0.322 e. The van der Waals surface area contributed by atoms with Crippen molar-refractivity contribution in [1.82, 2.24) is 15.5 Å². The van der Waals surface area contributed by atoms with Gasteiger partial charge in [-0.15, -0.1) is 0 Å². The van der Waals surface area contributed by atoms with E-state index in [1.54, 1.807) is 4.90 Å². The molecule has 18 heavy (non-hydrogen) atoms. The van der Waals surface area contributed by atoms with Crippen molar-refractivity contribution in [3.8, 4) is 0 Å².